The number of likely N-dealkylation sites (N-methyl/N-ethyl adjacent to an activating group) is 1. The first-order valence-corrected chi connectivity index (χ1v) is 25.3. The number of hydrogen-bond acceptors (Lipinski definition) is 11. The number of allylic oxidation sites excluding steroid dienone is 3. The van der Waals surface area contributed by atoms with Crippen LogP contribution in [-0.2, 0) is 49.9 Å². The molecule has 0 radical (unpaired) electrons. The molecule has 13 atom stereocenters. The number of piperidine rings is 1. The molecule has 4 aliphatic rings. The Morgan fingerprint density at radius 3 is 2.43 bits per heavy atom. The van der Waals surface area contributed by atoms with Crippen molar-refractivity contribution in [2.45, 2.75) is 167 Å². The number of cyclic esters (lactones) is 1. The van der Waals surface area contributed by atoms with E-state index in [1.54, 1.807) is 27.2 Å². The van der Waals surface area contributed by atoms with Crippen LogP contribution in [0.4, 0.5) is 5.69 Å². The minimum atomic E-state index is -2.47. The lowest BCUT2D eigenvalue weighted by atomic mass is 9.80. The lowest BCUT2D eigenvalue weighted by molar-refractivity contribution is -0.302. The number of aryl methyl sites for hydroxylation is 1. The lowest BCUT2D eigenvalue weighted by Crippen LogP contribution is -2.64. The number of amides is 1. The number of aromatic nitrogens is 1. The van der Waals surface area contributed by atoms with Gasteiger partial charge in [0.25, 0.3) is 11.7 Å². The highest BCUT2D eigenvalue weighted by Crippen LogP contribution is 2.40. The second-order valence-corrected chi connectivity index (χ2v) is 20.7. The summed E-state index contributed by atoms with van der Waals surface area (Å²) in [5, 5.41) is 13.4. The number of anilines is 1. The molecule has 0 spiro atoms. The maximum atomic E-state index is 14.6. The van der Waals surface area contributed by atoms with E-state index in [9.17, 15) is 24.3 Å². The third-order valence-electron chi connectivity index (χ3n) is 15.7. The van der Waals surface area contributed by atoms with Gasteiger partial charge in [-0.05, 0) is 132 Å². The highest BCUT2D eigenvalue weighted by atomic mass is 16.7. The van der Waals surface area contributed by atoms with Crippen LogP contribution in [0.15, 0.2) is 66.4 Å². The Morgan fingerprint density at radius 1 is 0.985 bits per heavy atom. The zero-order chi connectivity index (χ0) is 49.4. The van der Waals surface area contributed by atoms with Crippen molar-refractivity contribution in [3.8, 4) is 0 Å². The Labute approximate surface area is 405 Å². The fourth-order valence-corrected chi connectivity index (χ4v) is 11.6. The first-order chi connectivity index (χ1) is 32.4. The molecule has 1 amide bonds. The van der Waals surface area contributed by atoms with Gasteiger partial charge in [0.1, 0.15) is 24.0 Å². The monoisotopic (exact) mass is 944 g/mol. The van der Waals surface area contributed by atoms with E-state index < -0.39 is 59.8 Å². The molecule has 2 saturated heterocycles. The number of Topliss-reactive ketones (excluding diaryl/α,β-unsaturated/α-hetero) is 2. The third kappa shape index (κ3) is 12.1. The average Bonchev–Trinajstić information content (AvgIpc) is 3.71. The molecule has 13 heteroatoms. The number of carbonyl (C=O) groups excluding carboxylic acids is 4. The largest absolute Gasteiger partial charge is 0.456 e. The van der Waals surface area contributed by atoms with Gasteiger partial charge in [0.2, 0.25) is 5.79 Å². The highest BCUT2D eigenvalue weighted by molar-refractivity contribution is 6.39. The smallest absolute Gasteiger partial charge is 0.329 e. The molecule has 1 aromatic heterocycles. The van der Waals surface area contributed by atoms with E-state index in [0.717, 1.165) is 36.1 Å². The van der Waals surface area contributed by atoms with Crippen molar-refractivity contribution >= 4 is 40.0 Å². The number of ether oxygens (including phenoxy) is 5. The van der Waals surface area contributed by atoms with E-state index in [1.165, 1.54) is 15.8 Å². The van der Waals surface area contributed by atoms with Gasteiger partial charge < -0.3 is 43.2 Å². The molecule has 6 rings (SSSR count). The molecule has 1 aromatic carbocycles. The molecular weight excluding hydrogens is 863 g/mol. The van der Waals surface area contributed by atoms with Crippen LogP contribution < -0.4 is 4.90 Å². The number of carbonyl (C=O) groups is 4. The number of aliphatic hydroxyl groups is 1. The molecule has 13 unspecified atom stereocenters. The van der Waals surface area contributed by atoms with Gasteiger partial charge in [0.15, 0.2) is 0 Å². The van der Waals surface area contributed by atoms with Gasteiger partial charge in [-0.2, -0.15) is 0 Å². The predicted molar refractivity (Wildman–Crippen MR) is 265 cm³/mol. The second-order valence-electron chi connectivity index (χ2n) is 20.7. The number of nitrogens with zero attached hydrogens (tertiary/aromatic N) is 3. The molecular formula is C55H81N3O10. The normalized spacial score (nSPS) is 35.2. The molecule has 2 bridgehead atoms. The number of ketones is 2. The summed E-state index contributed by atoms with van der Waals surface area (Å²) >= 11 is 0. The number of rotatable bonds is 10. The number of esters is 1. The molecule has 3 aliphatic heterocycles. The van der Waals surface area contributed by atoms with Crippen molar-refractivity contribution in [1.29, 1.82) is 0 Å². The van der Waals surface area contributed by atoms with Crippen LogP contribution in [0.5, 0.6) is 0 Å². The van der Waals surface area contributed by atoms with Crippen molar-refractivity contribution in [2.75, 3.05) is 39.3 Å². The van der Waals surface area contributed by atoms with Gasteiger partial charge in [0, 0.05) is 75.9 Å². The fourth-order valence-electron chi connectivity index (χ4n) is 11.6. The molecule has 4 heterocycles. The van der Waals surface area contributed by atoms with Crippen LogP contribution in [0, 0.1) is 29.6 Å². The molecule has 13 nitrogen and oxygen atoms in total. The van der Waals surface area contributed by atoms with E-state index in [1.807, 2.05) is 27.7 Å². The van der Waals surface area contributed by atoms with Crippen LogP contribution >= 0.6 is 0 Å². The second kappa shape index (κ2) is 23.6. The van der Waals surface area contributed by atoms with Gasteiger partial charge >= 0.3 is 5.97 Å². The summed E-state index contributed by atoms with van der Waals surface area (Å²) in [7, 11) is 7.31. The van der Waals surface area contributed by atoms with Crippen LogP contribution in [-0.4, -0.2) is 121 Å². The first kappa shape index (κ1) is 53.2. The molecule has 1 saturated carbocycles. The summed E-state index contributed by atoms with van der Waals surface area (Å²) in [6.07, 6.45) is 12.4. The van der Waals surface area contributed by atoms with Crippen LogP contribution in [0.1, 0.15) is 119 Å². The number of methoxy groups -OCH3 is 2. The van der Waals surface area contributed by atoms with Gasteiger partial charge in [0.05, 0.1) is 31.0 Å². The summed E-state index contributed by atoms with van der Waals surface area (Å²) in [6.45, 7) is 16.4. The Morgan fingerprint density at radius 2 is 1.72 bits per heavy atom. The third-order valence-corrected chi connectivity index (χ3v) is 15.7. The molecule has 3 fully saturated rings. The Kier molecular flexibility index (Phi) is 18.5. The SMILES string of the molecule is C=CCOC1CC(C=C(C)C2OC(=O)C3CCCCN3C(=O)C(=O)C3(O)OC(C(OC)CC(C)C/C(C)=C/C(CC)C(=O)CCC2C)C(OC)CC3C)CCC1N(C)c1ccc2c(ccn2C)c1. The van der Waals surface area contributed by atoms with E-state index in [0.29, 0.717) is 58.0 Å². The molecule has 1 aliphatic carbocycles. The van der Waals surface area contributed by atoms with Crippen molar-refractivity contribution < 1.29 is 48.0 Å². The van der Waals surface area contributed by atoms with Gasteiger partial charge in [-0.15, -0.1) is 6.58 Å². The minimum absolute atomic E-state index is 0.0843. The van der Waals surface area contributed by atoms with Crippen molar-refractivity contribution in [3.05, 3.63) is 66.4 Å². The van der Waals surface area contributed by atoms with Crippen molar-refractivity contribution in [1.82, 2.24) is 9.47 Å². The summed E-state index contributed by atoms with van der Waals surface area (Å²) < 4.78 is 33.3. The summed E-state index contributed by atoms with van der Waals surface area (Å²) in [6, 6.07) is 7.76. The van der Waals surface area contributed by atoms with Gasteiger partial charge in [-0.3, -0.25) is 14.4 Å². The van der Waals surface area contributed by atoms with Crippen molar-refractivity contribution in [3.63, 3.8) is 0 Å². The standard InChI is InChI=1S/C55H81N3O10/c1-12-26-66-47-32-39(18-20-44(47)57(9)42-19-21-43-41(33-42)23-25-56(43)8)30-37(6)50-36(5)17-22-46(59)40(13-2)28-34(3)27-35(4)29-48(64-10)51-49(65-11)31-38(7)55(63,68-51)52(60)53(61)58-24-15-14-16-45(58)54(62)67-50/h12,19,21,23,25,28,30,33,35-36,38-40,44-45,47-51,63H,1,13-18,20,22,24,26-27,29,31-32H2,2-11H3/b34-28+,37-30?. The molecule has 68 heavy (non-hydrogen) atoms. The van der Waals surface area contributed by atoms with Crippen LogP contribution in [0.25, 0.3) is 10.9 Å². The van der Waals surface area contributed by atoms with Crippen molar-refractivity contribution in [2.24, 2.45) is 36.6 Å². The Bertz CT molecular complexity index is 2150. The number of fused-ring (bicyclic) bond motifs is 4. The van der Waals surface area contributed by atoms with Gasteiger partial charge in [-0.1, -0.05) is 51.5 Å². The van der Waals surface area contributed by atoms with Crippen LogP contribution in [0.2, 0.25) is 0 Å². The predicted octanol–water partition coefficient (Wildman–Crippen LogP) is 8.69. The molecule has 376 valence electrons. The van der Waals surface area contributed by atoms with Gasteiger partial charge in [-0.25, -0.2) is 4.79 Å². The van der Waals surface area contributed by atoms with E-state index in [2.05, 4.69) is 79.7 Å². The summed E-state index contributed by atoms with van der Waals surface area (Å²) in [4.78, 5) is 61.1. The zero-order valence-electron chi connectivity index (χ0n) is 42.6. The zero-order valence-corrected chi connectivity index (χ0v) is 42.6. The lowest BCUT2D eigenvalue weighted by Gasteiger charge is -2.47. The van der Waals surface area contributed by atoms with Crippen LogP contribution in [0.3, 0.4) is 0 Å². The quantitative estimate of drug-likeness (QED) is 0.139. The van der Waals surface area contributed by atoms with E-state index >= 15 is 0 Å². The van der Waals surface area contributed by atoms with E-state index in [4.69, 9.17) is 23.7 Å². The Hall–Kier alpha value is -4.14. The maximum absolute atomic E-state index is 14.6. The first-order valence-electron chi connectivity index (χ1n) is 25.3. The number of benzene rings is 1. The molecule has 1 N–H and O–H groups in total. The average molecular weight is 944 g/mol. The summed E-state index contributed by atoms with van der Waals surface area (Å²) in [5.74, 6) is -6.14. The number of hydrogen-bond donors (Lipinski definition) is 1. The fraction of sp³-hybridized carbons (Fsp3) is 0.673. The Balaban J connectivity index is 1.30. The maximum Gasteiger partial charge on any atom is 0.329 e. The highest BCUT2D eigenvalue weighted by Gasteiger charge is 2.56. The minimum Gasteiger partial charge on any atom is -0.456 e. The van der Waals surface area contributed by atoms with E-state index in [-0.39, 0.29) is 54.6 Å². The molecule has 2 aromatic rings. The topological polar surface area (TPSA) is 146 Å². The summed E-state index contributed by atoms with van der Waals surface area (Å²) in [5.41, 5.74) is 4.26.